The molecule has 0 aromatic heterocycles. The van der Waals surface area contributed by atoms with Crippen molar-refractivity contribution in [3.8, 4) is 0 Å². The van der Waals surface area contributed by atoms with Crippen LogP contribution in [0.1, 0.15) is 51.9 Å². The first kappa shape index (κ1) is 20.1. The number of rotatable bonds is 13. The van der Waals surface area contributed by atoms with Gasteiger partial charge in [0.1, 0.15) is 5.76 Å². The average molecular weight is 332 g/mol. The zero-order chi connectivity index (χ0) is 17.8. The van der Waals surface area contributed by atoms with Gasteiger partial charge in [-0.2, -0.15) is 0 Å². The molecular formula is C21H32O3. The Morgan fingerprint density at radius 1 is 1.21 bits per heavy atom. The van der Waals surface area contributed by atoms with Gasteiger partial charge in [-0.3, -0.25) is 0 Å². The van der Waals surface area contributed by atoms with Crippen molar-refractivity contribution in [2.24, 2.45) is 5.92 Å². The van der Waals surface area contributed by atoms with E-state index in [1.165, 1.54) is 0 Å². The molecule has 0 saturated carbocycles. The molecule has 1 unspecified atom stereocenters. The smallest absolute Gasteiger partial charge is 0.159 e. The Labute approximate surface area is 147 Å². The number of aliphatic hydroxyl groups excluding tert-OH is 1. The predicted octanol–water partition coefficient (Wildman–Crippen LogP) is 5.98. The lowest BCUT2D eigenvalue weighted by atomic mass is 9.89. The van der Waals surface area contributed by atoms with Crippen LogP contribution >= 0.6 is 0 Å². The molecule has 0 aromatic rings. The van der Waals surface area contributed by atoms with Crippen molar-refractivity contribution in [3.05, 3.63) is 60.8 Å². The minimum Gasteiger partial charge on any atom is -0.512 e. The first-order valence-electron chi connectivity index (χ1n) is 8.93. The molecule has 134 valence electrons. The summed E-state index contributed by atoms with van der Waals surface area (Å²) < 4.78 is 12.0. The van der Waals surface area contributed by atoms with Crippen molar-refractivity contribution < 1.29 is 14.6 Å². The maximum absolute atomic E-state index is 9.87. The van der Waals surface area contributed by atoms with Crippen LogP contribution in [0, 0.1) is 5.92 Å². The highest BCUT2D eigenvalue weighted by Gasteiger charge is 2.26. The highest BCUT2D eigenvalue weighted by molar-refractivity contribution is 5.35. The monoisotopic (exact) mass is 332 g/mol. The Bertz CT molecular complexity index is 485. The summed E-state index contributed by atoms with van der Waals surface area (Å²) in [5, 5.41) is 9.87. The van der Waals surface area contributed by atoms with Crippen LogP contribution in [0.25, 0.3) is 0 Å². The van der Waals surface area contributed by atoms with Crippen molar-refractivity contribution in [2.75, 3.05) is 13.2 Å². The van der Waals surface area contributed by atoms with E-state index >= 15 is 0 Å². The molecule has 0 amide bonds. The van der Waals surface area contributed by atoms with Gasteiger partial charge >= 0.3 is 0 Å². The molecule has 1 atom stereocenters. The molecule has 1 aliphatic rings. The molecule has 0 aliphatic heterocycles. The van der Waals surface area contributed by atoms with Crippen LogP contribution in [0.2, 0.25) is 0 Å². The summed E-state index contributed by atoms with van der Waals surface area (Å²) in [5.41, 5.74) is 1.10. The molecular weight excluding hydrogens is 300 g/mol. The predicted molar refractivity (Wildman–Crippen MR) is 101 cm³/mol. The van der Waals surface area contributed by atoms with Gasteiger partial charge in [-0.15, -0.1) is 13.2 Å². The topological polar surface area (TPSA) is 38.7 Å². The lowest BCUT2D eigenvalue weighted by Crippen LogP contribution is -2.16. The van der Waals surface area contributed by atoms with Crippen LogP contribution in [-0.4, -0.2) is 18.3 Å². The van der Waals surface area contributed by atoms with Gasteiger partial charge in [0, 0.05) is 12.3 Å². The second-order valence-electron chi connectivity index (χ2n) is 6.05. The Balaban J connectivity index is 2.97. The third kappa shape index (κ3) is 6.69. The second kappa shape index (κ2) is 11.6. The fraction of sp³-hybridized carbons (Fsp3) is 0.524. The van der Waals surface area contributed by atoms with E-state index in [2.05, 4.69) is 32.7 Å². The summed E-state index contributed by atoms with van der Waals surface area (Å²) in [4.78, 5) is 0. The number of hydrogen-bond donors (Lipinski definition) is 1. The summed E-state index contributed by atoms with van der Waals surface area (Å²) in [5.74, 6) is 1.74. The number of unbranched alkanes of at least 4 members (excludes halogenated alkanes) is 2. The van der Waals surface area contributed by atoms with E-state index in [4.69, 9.17) is 9.47 Å². The Hall–Kier alpha value is -1.90. The largest absolute Gasteiger partial charge is 0.512 e. The SMILES string of the molecule is C=CCCCC1=CC(C(=C)O)CC(OCCC=C)=C1OCCCC. The third-order valence-electron chi connectivity index (χ3n) is 3.98. The molecule has 0 spiro atoms. The van der Waals surface area contributed by atoms with Gasteiger partial charge < -0.3 is 14.6 Å². The van der Waals surface area contributed by atoms with Gasteiger partial charge in [-0.25, -0.2) is 0 Å². The lowest BCUT2D eigenvalue weighted by Gasteiger charge is -2.27. The Morgan fingerprint density at radius 3 is 2.58 bits per heavy atom. The quantitative estimate of drug-likeness (QED) is 0.256. The summed E-state index contributed by atoms with van der Waals surface area (Å²) in [7, 11) is 0. The maximum Gasteiger partial charge on any atom is 0.159 e. The zero-order valence-corrected chi connectivity index (χ0v) is 15.1. The minimum atomic E-state index is -0.110. The molecule has 0 fully saturated rings. The molecule has 1 rings (SSSR count). The van der Waals surface area contributed by atoms with E-state index in [0.29, 0.717) is 19.6 Å². The highest BCUT2D eigenvalue weighted by atomic mass is 16.5. The van der Waals surface area contributed by atoms with Gasteiger partial charge in [0.25, 0.3) is 0 Å². The van der Waals surface area contributed by atoms with E-state index in [1.54, 1.807) is 0 Å². The lowest BCUT2D eigenvalue weighted by molar-refractivity contribution is 0.141. The van der Waals surface area contributed by atoms with Crippen molar-refractivity contribution in [1.82, 2.24) is 0 Å². The third-order valence-corrected chi connectivity index (χ3v) is 3.98. The van der Waals surface area contributed by atoms with Gasteiger partial charge in [0.2, 0.25) is 0 Å². The molecule has 0 aromatic carbocycles. The van der Waals surface area contributed by atoms with E-state index < -0.39 is 0 Å². The van der Waals surface area contributed by atoms with Gasteiger partial charge in [-0.05, 0) is 37.7 Å². The number of hydrogen-bond acceptors (Lipinski definition) is 3. The molecule has 3 heteroatoms. The number of ether oxygens (including phenoxy) is 2. The van der Waals surface area contributed by atoms with Crippen LogP contribution in [0.4, 0.5) is 0 Å². The second-order valence-corrected chi connectivity index (χ2v) is 6.05. The first-order valence-corrected chi connectivity index (χ1v) is 8.93. The molecule has 1 N–H and O–H groups in total. The van der Waals surface area contributed by atoms with Crippen molar-refractivity contribution >= 4 is 0 Å². The van der Waals surface area contributed by atoms with Crippen LogP contribution in [0.5, 0.6) is 0 Å². The summed E-state index contributed by atoms with van der Waals surface area (Å²) in [6.45, 7) is 14.6. The average Bonchev–Trinajstić information content (AvgIpc) is 2.56. The van der Waals surface area contributed by atoms with E-state index in [1.807, 2.05) is 12.2 Å². The van der Waals surface area contributed by atoms with E-state index in [0.717, 1.165) is 55.6 Å². The highest BCUT2D eigenvalue weighted by Crippen LogP contribution is 2.35. The summed E-state index contributed by atoms with van der Waals surface area (Å²) in [6, 6.07) is 0. The van der Waals surface area contributed by atoms with Gasteiger partial charge in [0.15, 0.2) is 5.76 Å². The van der Waals surface area contributed by atoms with E-state index in [9.17, 15) is 5.11 Å². The van der Waals surface area contributed by atoms with Crippen molar-refractivity contribution in [3.63, 3.8) is 0 Å². The zero-order valence-electron chi connectivity index (χ0n) is 15.1. The Kier molecular flexibility index (Phi) is 9.74. The minimum absolute atomic E-state index is 0.110. The van der Waals surface area contributed by atoms with Crippen molar-refractivity contribution in [1.29, 1.82) is 0 Å². The summed E-state index contributed by atoms with van der Waals surface area (Å²) in [6.07, 6.45) is 12.2. The molecule has 0 saturated heterocycles. The summed E-state index contributed by atoms with van der Waals surface area (Å²) >= 11 is 0. The molecule has 24 heavy (non-hydrogen) atoms. The normalized spacial score (nSPS) is 17.2. The van der Waals surface area contributed by atoms with Gasteiger partial charge in [0.05, 0.1) is 19.0 Å². The number of aliphatic hydroxyl groups is 1. The molecule has 0 bridgehead atoms. The van der Waals surface area contributed by atoms with Crippen LogP contribution in [-0.2, 0) is 9.47 Å². The van der Waals surface area contributed by atoms with E-state index in [-0.39, 0.29) is 11.7 Å². The fourth-order valence-electron chi connectivity index (χ4n) is 2.58. The maximum atomic E-state index is 9.87. The Morgan fingerprint density at radius 2 is 1.96 bits per heavy atom. The standard InChI is InChI=1S/C21H32O3/c1-5-8-11-12-18-15-19(17(4)22)16-20(23-13-9-6-2)21(18)24-14-10-7-3/h5-6,15,19,22H,1-2,4,7-14,16H2,3H3. The molecule has 0 radical (unpaired) electrons. The van der Waals surface area contributed by atoms with Crippen molar-refractivity contribution in [2.45, 2.75) is 51.9 Å². The molecule has 3 nitrogen and oxygen atoms in total. The fourth-order valence-corrected chi connectivity index (χ4v) is 2.58. The molecule has 0 heterocycles. The van der Waals surface area contributed by atoms with Crippen LogP contribution in [0.15, 0.2) is 60.8 Å². The van der Waals surface area contributed by atoms with Gasteiger partial charge in [-0.1, -0.05) is 38.2 Å². The molecule has 1 aliphatic carbocycles. The van der Waals surface area contributed by atoms with Crippen LogP contribution < -0.4 is 0 Å². The number of allylic oxidation sites excluding steroid dienone is 4. The van der Waals surface area contributed by atoms with Crippen LogP contribution in [0.3, 0.4) is 0 Å². The first-order chi connectivity index (χ1) is 11.6.